The lowest BCUT2D eigenvalue weighted by Gasteiger charge is -2.11. The van der Waals surface area contributed by atoms with Gasteiger partial charge in [0.1, 0.15) is 11.5 Å². The number of nitrogen functional groups attached to an aromatic ring is 1. The molecule has 0 atom stereocenters. The van der Waals surface area contributed by atoms with Crippen molar-refractivity contribution in [2.75, 3.05) is 17.6 Å². The van der Waals surface area contributed by atoms with E-state index >= 15 is 0 Å². The van der Waals surface area contributed by atoms with Crippen molar-refractivity contribution in [3.05, 3.63) is 60.3 Å². The summed E-state index contributed by atoms with van der Waals surface area (Å²) in [6.45, 7) is 3.54. The minimum atomic E-state index is 0.573. The van der Waals surface area contributed by atoms with Gasteiger partial charge in [-0.05, 0) is 30.2 Å². The van der Waals surface area contributed by atoms with Gasteiger partial charge in [0.25, 0.3) is 0 Å². The Morgan fingerprint density at radius 3 is 3.00 bits per heavy atom. The topological polar surface area (TPSA) is 104 Å². The Morgan fingerprint density at radius 1 is 1.31 bits per heavy atom. The SMILES string of the molecule is CCCN/C=C(\C=N)c1ccc(N)c(NCc2ccc3nccn3c2)n1. The number of pyridine rings is 2. The van der Waals surface area contributed by atoms with E-state index in [-0.39, 0.29) is 0 Å². The van der Waals surface area contributed by atoms with E-state index in [2.05, 4.69) is 27.5 Å². The van der Waals surface area contributed by atoms with Crippen molar-refractivity contribution in [2.24, 2.45) is 0 Å². The van der Waals surface area contributed by atoms with Crippen molar-refractivity contribution in [3.63, 3.8) is 0 Å². The predicted octanol–water partition coefficient (Wildman–Crippen LogP) is 2.91. The first-order valence-corrected chi connectivity index (χ1v) is 8.57. The summed E-state index contributed by atoms with van der Waals surface area (Å²) in [5.41, 5.74) is 10.0. The van der Waals surface area contributed by atoms with E-state index in [9.17, 15) is 0 Å². The van der Waals surface area contributed by atoms with Crippen LogP contribution in [0.1, 0.15) is 24.6 Å². The summed E-state index contributed by atoms with van der Waals surface area (Å²) in [5, 5.41) is 14.1. The van der Waals surface area contributed by atoms with Crippen molar-refractivity contribution in [1.29, 1.82) is 5.41 Å². The Bertz CT molecular complexity index is 927. The van der Waals surface area contributed by atoms with Crippen LogP contribution in [0.2, 0.25) is 0 Å². The van der Waals surface area contributed by atoms with Gasteiger partial charge in [-0.15, -0.1) is 0 Å². The van der Waals surface area contributed by atoms with Gasteiger partial charge in [-0.25, -0.2) is 9.97 Å². The molecular formula is C19H23N7. The summed E-state index contributed by atoms with van der Waals surface area (Å²) >= 11 is 0. The standard InChI is InChI=1S/C19H23N7/c1-2-7-22-12-15(10-20)17-5-4-16(21)19(25-17)24-11-14-3-6-18-23-8-9-26(18)13-14/h3-6,8-10,12-13,20,22H,2,7,11,21H2,1H3,(H,24,25)/b15-12+,20-10?. The Balaban J connectivity index is 1.76. The highest BCUT2D eigenvalue weighted by atomic mass is 15.0. The average molecular weight is 349 g/mol. The summed E-state index contributed by atoms with van der Waals surface area (Å²) in [4.78, 5) is 8.81. The van der Waals surface area contributed by atoms with Crippen LogP contribution < -0.4 is 16.4 Å². The fraction of sp³-hybridized carbons (Fsp3) is 0.211. The second-order valence-electron chi connectivity index (χ2n) is 5.92. The molecule has 3 aromatic heterocycles. The minimum Gasteiger partial charge on any atom is -0.396 e. The first-order valence-electron chi connectivity index (χ1n) is 8.57. The van der Waals surface area contributed by atoms with Crippen molar-refractivity contribution in [3.8, 4) is 0 Å². The third-order valence-corrected chi connectivity index (χ3v) is 3.94. The van der Waals surface area contributed by atoms with Gasteiger partial charge in [-0.2, -0.15) is 0 Å². The van der Waals surface area contributed by atoms with Crippen LogP contribution in [0.4, 0.5) is 11.5 Å². The van der Waals surface area contributed by atoms with Gasteiger partial charge in [0, 0.05) is 49.7 Å². The molecule has 0 amide bonds. The number of fused-ring (bicyclic) bond motifs is 1. The maximum Gasteiger partial charge on any atom is 0.150 e. The summed E-state index contributed by atoms with van der Waals surface area (Å²) in [6, 6.07) is 7.62. The normalized spacial score (nSPS) is 11.5. The second-order valence-corrected chi connectivity index (χ2v) is 5.92. The lowest BCUT2D eigenvalue weighted by molar-refractivity contribution is 0.811. The molecule has 0 aromatic carbocycles. The van der Waals surface area contributed by atoms with Crippen LogP contribution in [0.15, 0.2) is 49.1 Å². The fourth-order valence-corrected chi connectivity index (χ4v) is 2.54. The largest absolute Gasteiger partial charge is 0.396 e. The first-order chi connectivity index (χ1) is 12.7. The number of hydrogen-bond acceptors (Lipinski definition) is 6. The Hall–Kier alpha value is -3.35. The minimum absolute atomic E-state index is 0.573. The molecule has 0 aliphatic rings. The van der Waals surface area contributed by atoms with Crippen LogP contribution >= 0.6 is 0 Å². The number of rotatable bonds is 8. The number of anilines is 2. The molecule has 3 heterocycles. The number of allylic oxidation sites excluding steroid dienone is 1. The molecule has 3 aromatic rings. The molecule has 0 saturated carbocycles. The molecular weight excluding hydrogens is 326 g/mol. The fourth-order valence-electron chi connectivity index (χ4n) is 2.54. The molecule has 3 rings (SSSR count). The lowest BCUT2D eigenvalue weighted by Crippen LogP contribution is -2.09. The summed E-state index contributed by atoms with van der Waals surface area (Å²) < 4.78 is 1.97. The quantitative estimate of drug-likeness (QED) is 0.370. The van der Waals surface area contributed by atoms with E-state index < -0.39 is 0 Å². The smallest absolute Gasteiger partial charge is 0.150 e. The Morgan fingerprint density at radius 2 is 2.19 bits per heavy atom. The first kappa shape index (κ1) is 17.5. The molecule has 7 heteroatoms. The maximum atomic E-state index is 7.62. The van der Waals surface area contributed by atoms with E-state index in [1.807, 2.05) is 41.2 Å². The monoisotopic (exact) mass is 349 g/mol. The molecule has 0 fully saturated rings. The van der Waals surface area contributed by atoms with Gasteiger partial charge in [0.15, 0.2) is 0 Å². The van der Waals surface area contributed by atoms with Crippen LogP contribution in [0.25, 0.3) is 11.2 Å². The zero-order valence-electron chi connectivity index (χ0n) is 14.7. The molecule has 7 nitrogen and oxygen atoms in total. The maximum absolute atomic E-state index is 7.62. The summed E-state index contributed by atoms with van der Waals surface area (Å²) in [5.74, 6) is 0.608. The highest BCUT2D eigenvalue weighted by molar-refractivity contribution is 6.07. The van der Waals surface area contributed by atoms with Crippen LogP contribution in [-0.4, -0.2) is 27.1 Å². The van der Waals surface area contributed by atoms with Crippen LogP contribution in [0.5, 0.6) is 0 Å². The zero-order valence-corrected chi connectivity index (χ0v) is 14.7. The molecule has 0 aliphatic carbocycles. The van der Waals surface area contributed by atoms with Crippen molar-refractivity contribution in [2.45, 2.75) is 19.9 Å². The number of nitrogens with zero attached hydrogens (tertiary/aromatic N) is 3. The molecule has 0 spiro atoms. The van der Waals surface area contributed by atoms with Crippen LogP contribution in [0, 0.1) is 5.41 Å². The van der Waals surface area contributed by atoms with Crippen LogP contribution in [0.3, 0.4) is 0 Å². The van der Waals surface area contributed by atoms with Gasteiger partial charge in [0.05, 0.1) is 11.4 Å². The van der Waals surface area contributed by atoms with Gasteiger partial charge < -0.3 is 26.2 Å². The third kappa shape index (κ3) is 4.00. The average Bonchev–Trinajstić information content (AvgIpc) is 3.13. The number of nitrogens with two attached hydrogens (primary N) is 1. The Kier molecular flexibility index (Phi) is 5.48. The van der Waals surface area contributed by atoms with E-state index in [0.717, 1.165) is 24.2 Å². The molecule has 0 unspecified atom stereocenters. The van der Waals surface area contributed by atoms with Crippen LogP contribution in [-0.2, 0) is 6.54 Å². The molecule has 0 saturated heterocycles. The van der Waals surface area contributed by atoms with Crippen molar-refractivity contribution < 1.29 is 0 Å². The van der Waals surface area contributed by atoms with E-state index in [4.69, 9.17) is 11.1 Å². The molecule has 0 aliphatic heterocycles. The zero-order chi connectivity index (χ0) is 18.4. The Labute approximate surface area is 152 Å². The summed E-state index contributed by atoms with van der Waals surface area (Å²) in [7, 11) is 0. The molecule has 0 bridgehead atoms. The molecule has 0 radical (unpaired) electrons. The van der Waals surface area contributed by atoms with Gasteiger partial charge >= 0.3 is 0 Å². The second kappa shape index (κ2) is 8.15. The van der Waals surface area contributed by atoms with Gasteiger partial charge in [-0.3, -0.25) is 0 Å². The molecule has 134 valence electrons. The highest BCUT2D eigenvalue weighted by Crippen LogP contribution is 2.20. The van der Waals surface area contributed by atoms with E-state index in [1.54, 1.807) is 12.3 Å². The number of nitrogens with one attached hydrogen (secondary N) is 3. The van der Waals surface area contributed by atoms with E-state index in [0.29, 0.717) is 29.3 Å². The predicted molar refractivity (Wildman–Crippen MR) is 106 cm³/mol. The number of hydrogen-bond donors (Lipinski definition) is 4. The van der Waals surface area contributed by atoms with Gasteiger partial charge in [-0.1, -0.05) is 13.0 Å². The third-order valence-electron chi connectivity index (χ3n) is 3.94. The number of aromatic nitrogens is 3. The van der Waals surface area contributed by atoms with Crippen molar-refractivity contribution >= 4 is 28.9 Å². The lowest BCUT2D eigenvalue weighted by atomic mass is 10.2. The summed E-state index contributed by atoms with van der Waals surface area (Å²) in [6.07, 6.45) is 9.82. The highest BCUT2D eigenvalue weighted by Gasteiger charge is 2.07. The van der Waals surface area contributed by atoms with Gasteiger partial charge in [0.2, 0.25) is 0 Å². The molecule has 26 heavy (non-hydrogen) atoms. The van der Waals surface area contributed by atoms with Crippen molar-refractivity contribution in [1.82, 2.24) is 19.7 Å². The number of imidazole rings is 1. The molecule has 5 N–H and O–H groups in total. The van der Waals surface area contributed by atoms with E-state index in [1.165, 1.54) is 6.21 Å².